The Bertz CT molecular complexity index is 456. The van der Waals surface area contributed by atoms with Crippen molar-refractivity contribution < 1.29 is 0 Å². The standard InChI is InChI=1S/C17H27N3S/c1-17(2)14-20(12-13-21-17)16(18-3)19-11-7-10-15-8-5-4-6-9-15/h4-6,8-9H,7,10-14H2,1-3H3,(H,18,19). The van der Waals surface area contributed by atoms with Crippen LogP contribution in [0.5, 0.6) is 0 Å². The number of aliphatic imine (C=N–C) groups is 1. The summed E-state index contributed by atoms with van der Waals surface area (Å²) in [5.74, 6) is 2.23. The van der Waals surface area contributed by atoms with Crippen LogP contribution >= 0.6 is 11.8 Å². The van der Waals surface area contributed by atoms with Crippen LogP contribution in [0.4, 0.5) is 0 Å². The topological polar surface area (TPSA) is 27.6 Å². The molecule has 0 spiro atoms. The van der Waals surface area contributed by atoms with E-state index < -0.39 is 0 Å². The van der Waals surface area contributed by atoms with E-state index in [0.717, 1.165) is 38.4 Å². The minimum Gasteiger partial charge on any atom is -0.356 e. The Hall–Kier alpha value is -1.16. The van der Waals surface area contributed by atoms with Gasteiger partial charge in [-0.3, -0.25) is 4.99 Å². The lowest BCUT2D eigenvalue weighted by Gasteiger charge is -2.39. The number of thioether (sulfide) groups is 1. The summed E-state index contributed by atoms with van der Waals surface area (Å²) in [5, 5.41) is 3.51. The van der Waals surface area contributed by atoms with Crippen molar-refractivity contribution in [3.05, 3.63) is 35.9 Å². The molecule has 0 radical (unpaired) electrons. The number of rotatable bonds is 4. The second-order valence-corrected chi connectivity index (χ2v) is 7.89. The third-order valence-electron chi connectivity index (χ3n) is 3.71. The Morgan fingerprint density at radius 3 is 2.76 bits per heavy atom. The normalized spacial score (nSPS) is 18.6. The van der Waals surface area contributed by atoms with Gasteiger partial charge in [0.1, 0.15) is 0 Å². The lowest BCUT2D eigenvalue weighted by molar-refractivity contribution is 0.375. The lowest BCUT2D eigenvalue weighted by atomic mass is 10.1. The Labute approximate surface area is 133 Å². The summed E-state index contributed by atoms with van der Waals surface area (Å²) < 4.78 is 0.319. The number of hydrogen-bond acceptors (Lipinski definition) is 2. The molecule has 21 heavy (non-hydrogen) atoms. The summed E-state index contributed by atoms with van der Waals surface area (Å²) >= 11 is 2.05. The fraction of sp³-hybridized carbons (Fsp3) is 0.588. The van der Waals surface area contributed by atoms with Gasteiger partial charge >= 0.3 is 0 Å². The zero-order chi connectivity index (χ0) is 15.1. The number of aryl methyl sites for hydroxylation is 1. The van der Waals surface area contributed by atoms with Crippen LogP contribution in [0, 0.1) is 0 Å². The zero-order valence-corrected chi connectivity index (χ0v) is 14.2. The first-order valence-electron chi connectivity index (χ1n) is 7.74. The molecule has 1 fully saturated rings. The van der Waals surface area contributed by atoms with E-state index in [-0.39, 0.29) is 0 Å². The molecular formula is C17H27N3S. The number of guanidine groups is 1. The molecule has 0 atom stereocenters. The third-order valence-corrected chi connectivity index (χ3v) is 5.00. The fourth-order valence-corrected chi connectivity index (χ4v) is 3.78. The van der Waals surface area contributed by atoms with Gasteiger partial charge in [0.25, 0.3) is 0 Å². The van der Waals surface area contributed by atoms with Crippen LogP contribution in [0.2, 0.25) is 0 Å². The predicted octanol–water partition coefficient (Wildman–Crippen LogP) is 3.02. The van der Waals surface area contributed by atoms with Gasteiger partial charge in [-0.15, -0.1) is 0 Å². The summed E-state index contributed by atoms with van der Waals surface area (Å²) in [4.78, 5) is 6.83. The number of nitrogens with one attached hydrogen (secondary N) is 1. The SMILES string of the molecule is CN=C(NCCCc1ccccc1)N1CCSC(C)(C)C1. The molecule has 116 valence electrons. The molecule has 1 saturated heterocycles. The van der Waals surface area contributed by atoms with Crippen LogP contribution in [-0.2, 0) is 6.42 Å². The molecule has 0 unspecified atom stereocenters. The van der Waals surface area contributed by atoms with E-state index in [4.69, 9.17) is 0 Å². The highest BCUT2D eigenvalue weighted by Crippen LogP contribution is 2.29. The molecule has 0 amide bonds. The van der Waals surface area contributed by atoms with Crippen molar-refractivity contribution in [1.29, 1.82) is 0 Å². The molecule has 1 aromatic carbocycles. The van der Waals surface area contributed by atoms with E-state index in [2.05, 4.69) is 71.2 Å². The molecule has 0 bridgehead atoms. The Kier molecular flexibility index (Phi) is 5.97. The van der Waals surface area contributed by atoms with Crippen LogP contribution in [0.15, 0.2) is 35.3 Å². The molecule has 4 heteroatoms. The van der Waals surface area contributed by atoms with E-state index in [9.17, 15) is 0 Å². The molecule has 3 nitrogen and oxygen atoms in total. The van der Waals surface area contributed by atoms with Gasteiger partial charge in [-0.25, -0.2) is 0 Å². The largest absolute Gasteiger partial charge is 0.356 e. The summed E-state index contributed by atoms with van der Waals surface area (Å²) in [5.41, 5.74) is 1.41. The molecule has 0 aliphatic carbocycles. The van der Waals surface area contributed by atoms with Crippen LogP contribution in [0.25, 0.3) is 0 Å². The predicted molar refractivity (Wildman–Crippen MR) is 94.2 cm³/mol. The van der Waals surface area contributed by atoms with Crippen molar-refractivity contribution in [2.75, 3.05) is 32.4 Å². The van der Waals surface area contributed by atoms with Gasteiger partial charge in [-0.05, 0) is 32.3 Å². The highest BCUT2D eigenvalue weighted by molar-refractivity contribution is 8.00. The van der Waals surface area contributed by atoms with Crippen molar-refractivity contribution in [2.45, 2.75) is 31.4 Å². The van der Waals surface area contributed by atoms with E-state index in [1.807, 2.05) is 7.05 Å². The average molecular weight is 305 g/mol. The van der Waals surface area contributed by atoms with Gasteiger partial charge in [0.2, 0.25) is 0 Å². The van der Waals surface area contributed by atoms with Gasteiger partial charge in [0, 0.05) is 37.2 Å². The second kappa shape index (κ2) is 7.74. The third kappa shape index (κ3) is 5.27. The molecule has 2 rings (SSSR count). The maximum absolute atomic E-state index is 4.44. The van der Waals surface area contributed by atoms with Gasteiger partial charge < -0.3 is 10.2 Å². The number of benzene rings is 1. The van der Waals surface area contributed by atoms with E-state index >= 15 is 0 Å². The van der Waals surface area contributed by atoms with Crippen molar-refractivity contribution >= 4 is 17.7 Å². The molecule has 0 aromatic heterocycles. The summed E-state index contributed by atoms with van der Waals surface area (Å²) in [6, 6.07) is 10.7. The minimum atomic E-state index is 0.319. The fourth-order valence-electron chi connectivity index (χ4n) is 2.67. The molecule has 1 aromatic rings. The molecule has 1 aliphatic heterocycles. The number of nitrogens with zero attached hydrogens (tertiary/aromatic N) is 2. The van der Waals surface area contributed by atoms with Crippen LogP contribution in [-0.4, -0.2) is 48.0 Å². The summed E-state index contributed by atoms with van der Waals surface area (Å²) in [6.07, 6.45) is 2.25. The van der Waals surface area contributed by atoms with Crippen LogP contribution < -0.4 is 5.32 Å². The van der Waals surface area contributed by atoms with Gasteiger partial charge in [0.05, 0.1) is 0 Å². The van der Waals surface area contributed by atoms with Crippen LogP contribution in [0.1, 0.15) is 25.8 Å². The first-order valence-corrected chi connectivity index (χ1v) is 8.73. The molecular weight excluding hydrogens is 278 g/mol. The summed E-state index contributed by atoms with van der Waals surface area (Å²) in [6.45, 7) is 7.76. The van der Waals surface area contributed by atoms with Gasteiger partial charge in [0.15, 0.2) is 5.96 Å². The highest BCUT2D eigenvalue weighted by Gasteiger charge is 2.28. The maximum Gasteiger partial charge on any atom is 0.193 e. The second-order valence-electron chi connectivity index (χ2n) is 6.09. The smallest absolute Gasteiger partial charge is 0.193 e. The highest BCUT2D eigenvalue weighted by atomic mass is 32.2. The summed E-state index contributed by atoms with van der Waals surface area (Å²) in [7, 11) is 1.88. The minimum absolute atomic E-state index is 0.319. The van der Waals surface area contributed by atoms with Crippen molar-refractivity contribution in [3.63, 3.8) is 0 Å². The Morgan fingerprint density at radius 1 is 1.33 bits per heavy atom. The van der Waals surface area contributed by atoms with Crippen molar-refractivity contribution in [2.24, 2.45) is 4.99 Å². The average Bonchev–Trinajstić information content (AvgIpc) is 2.47. The van der Waals surface area contributed by atoms with Crippen LogP contribution in [0.3, 0.4) is 0 Å². The first kappa shape index (κ1) is 16.2. The van der Waals surface area contributed by atoms with E-state index in [1.165, 1.54) is 11.3 Å². The van der Waals surface area contributed by atoms with E-state index in [0.29, 0.717) is 4.75 Å². The molecule has 0 saturated carbocycles. The molecule has 1 N–H and O–H groups in total. The van der Waals surface area contributed by atoms with Gasteiger partial charge in [-0.2, -0.15) is 11.8 Å². The lowest BCUT2D eigenvalue weighted by Crippen LogP contribution is -2.51. The van der Waals surface area contributed by atoms with Crippen molar-refractivity contribution in [3.8, 4) is 0 Å². The maximum atomic E-state index is 4.44. The van der Waals surface area contributed by atoms with E-state index in [1.54, 1.807) is 0 Å². The molecule has 1 heterocycles. The number of hydrogen-bond donors (Lipinski definition) is 1. The first-order chi connectivity index (χ1) is 10.1. The Balaban J connectivity index is 1.75. The Morgan fingerprint density at radius 2 is 2.10 bits per heavy atom. The monoisotopic (exact) mass is 305 g/mol. The molecule has 1 aliphatic rings. The van der Waals surface area contributed by atoms with Crippen molar-refractivity contribution in [1.82, 2.24) is 10.2 Å². The zero-order valence-electron chi connectivity index (χ0n) is 13.4. The quantitative estimate of drug-likeness (QED) is 0.526. The van der Waals surface area contributed by atoms with Gasteiger partial charge in [-0.1, -0.05) is 30.3 Å².